The van der Waals surface area contributed by atoms with Crippen LogP contribution >= 0.6 is 8.58 Å². The number of esters is 1. The van der Waals surface area contributed by atoms with E-state index in [1.807, 2.05) is 41.5 Å². The molecule has 51 heavy (non-hydrogen) atoms. The average Bonchev–Trinajstić information content (AvgIpc) is 3.13. The smallest absolute Gasteiger partial charge is 0.302 e. The Bertz CT molecular complexity index is 1350. The molecule has 1 aromatic carbocycles. The van der Waals surface area contributed by atoms with Crippen LogP contribution in [0.2, 0.25) is 0 Å². The number of ether oxygens (including phenoxy) is 2. The lowest BCUT2D eigenvalue weighted by atomic mass is 9.38. The first-order valence-electron chi connectivity index (χ1n) is 20.8. The van der Waals surface area contributed by atoms with Crippen LogP contribution < -0.4 is 0 Å². The molecular weight excluding hydrogens is 647 g/mol. The number of hydrogen-bond donors (Lipinski definition) is 0. The van der Waals surface area contributed by atoms with E-state index in [0.29, 0.717) is 52.9 Å². The molecule has 288 valence electrons. The molecule has 1 aliphatic heterocycles. The fraction of sp³-hybridized carbons (Fsp3) is 0.756. The van der Waals surface area contributed by atoms with Crippen molar-refractivity contribution in [1.82, 2.24) is 0 Å². The van der Waals surface area contributed by atoms with Crippen molar-refractivity contribution in [3.8, 4) is 0 Å². The van der Waals surface area contributed by atoms with E-state index in [-0.39, 0.29) is 17.5 Å². The molecule has 0 amide bonds. The van der Waals surface area contributed by atoms with Crippen LogP contribution in [-0.4, -0.2) is 37.0 Å². The van der Waals surface area contributed by atoms with E-state index in [9.17, 15) is 4.79 Å². The van der Waals surface area contributed by atoms with Gasteiger partial charge >= 0.3 is 5.97 Å². The summed E-state index contributed by atoms with van der Waals surface area (Å²) in [6.07, 6.45) is 12.0. The van der Waals surface area contributed by atoms with E-state index >= 15 is 0 Å². The van der Waals surface area contributed by atoms with Gasteiger partial charge in [0.1, 0.15) is 12.7 Å². The minimum atomic E-state index is -0.162. The number of aryl methyl sites for hydroxylation is 1. The Labute approximate surface area is 315 Å². The first-order chi connectivity index (χ1) is 24.4. The Balaban J connectivity index is 0.00000111. The number of fused-ring (bicyclic) bond motifs is 7. The minimum Gasteiger partial charge on any atom is -0.474 e. The Morgan fingerprint density at radius 1 is 0.922 bits per heavy atom. The lowest BCUT2D eigenvalue weighted by molar-refractivity contribution is -0.188. The molecule has 4 saturated carbocycles. The molecular formula is C45H75N2O3P. The van der Waals surface area contributed by atoms with Crippen LogP contribution in [-0.2, 0) is 20.9 Å². The van der Waals surface area contributed by atoms with Gasteiger partial charge in [0.15, 0.2) is 0 Å². The summed E-state index contributed by atoms with van der Waals surface area (Å²) in [4.78, 5) is 11.9. The van der Waals surface area contributed by atoms with Crippen molar-refractivity contribution in [1.29, 1.82) is 0 Å². The van der Waals surface area contributed by atoms with Gasteiger partial charge in [-0.1, -0.05) is 117 Å². The van der Waals surface area contributed by atoms with Gasteiger partial charge in [-0.05, 0) is 123 Å². The highest BCUT2D eigenvalue weighted by Crippen LogP contribution is 2.71. The standard InChI is InChI=1S/C39H57N2O3P.3C2H6/c1-24(2)30-22-45-23-39(36(41-40-8)43-21-28-11-9-25(3)10-12-28)20-16-32-29(35(30)39)13-14-34-37(6)19-17-33(44-27(5)42)26(4)31(37)15-18-38(32,34)7;3*1-2/h9-12,24,26,29,31-34,45H,8,13-23H2,1-7H3;3*1-2H3/b41-36-;;;. The fourth-order valence-corrected chi connectivity index (χ4v) is 13.6. The summed E-state index contributed by atoms with van der Waals surface area (Å²) >= 11 is 0. The summed E-state index contributed by atoms with van der Waals surface area (Å²) in [5, 5.41) is 8.85. The summed E-state index contributed by atoms with van der Waals surface area (Å²) in [5.74, 6) is 4.25. The maximum atomic E-state index is 11.9. The van der Waals surface area contributed by atoms with Gasteiger partial charge in [-0.15, -0.1) is 13.7 Å². The molecule has 10 unspecified atom stereocenters. The molecule has 0 saturated heterocycles. The molecule has 0 spiro atoms. The molecule has 1 heterocycles. The first kappa shape index (κ1) is 43.4. The summed E-state index contributed by atoms with van der Waals surface area (Å²) in [7, 11) is 0.888. The molecule has 4 aliphatic carbocycles. The third kappa shape index (κ3) is 8.39. The predicted octanol–water partition coefficient (Wildman–Crippen LogP) is 12.5. The normalized spacial score (nSPS) is 35.8. The predicted molar refractivity (Wildman–Crippen MR) is 221 cm³/mol. The molecule has 5 nitrogen and oxygen atoms in total. The summed E-state index contributed by atoms with van der Waals surface area (Å²) < 4.78 is 12.6. The molecule has 0 aromatic heterocycles. The second-order valence-electron chi connectivity index (χ2n) is 16.2. The molecule has 0 bridgehead atoms. The van der Waals surface area contributed by atoms with Crippen LogP contribution in [0, 0.1) is 58.7 Å². The van der Waals surface area contributed by atoms with E-state index in [4.69, 9.17) is 14.6 Å². The lowest BCUT2D eigenvalue weighted by Crippen LogP contribution is -2.61. The van der Waals surface area contributed by atoms with E-state index in [2.05, 4.69) is 77.6 Å². The zero-order valence-electron chi connectivity index (χ0n) is 35.0. The Morgan fingerprint density at radius 3 is 2.14 bits per heavy atom. The highest BCUT2D eigenvalue weighted by Gasteiger charge is 2.65. The zero-order valence-corrected chi connectivity index (χ0v) is 36.0. The third-order valence-electron chi connectivity index (χ3n) is 13.7. The van der Waals surface area contributed by atoms with Crippen molar-refractivity contribution in [2.24, 2.45) is 62.0 Å². The van der Waals surface area contributed by atoms with Gasteiger partial charge in [-0.25, -0.2) is 0 Å². The number of carbonyl (C=O) groups excluding carboxylic acids is 1. The highest BCUT2D eigenvalue weighted by molar-refractivity contribution is 7.38. The molecule has 0 radical (unpaired) electrons. The Kier molecular flexibility index (Phi) is 16.0. The third-order valence-corrected chi connectivity index (χ3v) is 15.1. The van der Waals surface area contributed by atoms with E-state index < -0.39 is 0 Å². The molecule has 1 aromatic rings. The SMILES string of the molecule is C=N/N=C(\OCc1ccc(C)cc1)C12CCC3C(CCC4C3(C)CCC3C(C)C(OC(C)=O)CCC34C)C1=C(C(C)C)CPC2.CC.CC.CC. The first-order valence-corrected chi connectivity index (χ1v) is 22.2. The van der Waals surface area contributed by atoms with Crippen LogP contribution in [0.5, 0.6) is 0 Å². The van der Waals surface area contributed by atoms with Gasteiger partial charge < -0.3 is 9.47 Å². The van der Waals surface area contributed by atoms with Gasteiger partial charge in [0.2, 0.25) is 5.90 Å². The number of carbonyl (C=O) groups is 1. The van der Waals surface area contributed by atoms with Gasteiger partial charge in [0.05, 0.1) is 5.41 Å². The second-order valence-corrected chi connectivity index (χ2v) is 17.4. The van der Waals surface area contributed by atoms with Crippen molar-refractivity contribution in [3.63, 3.8) is 0 Å². The average molecular weight is 723 g/mol. The topological polar surface area (TPSA) is 60.3 Å². The monoisotopic (exact) mass is 723 g/mol. The van der Waals surface area contributed by atoms with Gasteiger partial charge in [-0.3, -0.25) is 4.79 Å². The summed E-state index contributed by atoms with van der Waals surface area (Å²) in [6.45, 7) is 32.5. The van der Waals surface area contributed by atoms with Crippen LogP contribution in [0.1, 0.15) is 146 Å². The molecule has 6 heteroatoms. The van der Waals surface area contributed by atoms with Crippen LogP contribution in [0.15, 0.2) is 45.6 Å². The fourth-order valence-electron chi connectivity index (χ4n) is 11.6. The lowest BCUT2D eigenvalue weighted by Gasteiger charge is -2.67. The zero-order chi connectivity index (χ0) is 38.1. The van der Waals surface area contributed by atoms with Gasteiger partial charge in [0, 0.05) is 13.6 Å². The summed E-state index contributed by atoms with van der Waals surface area (Å²) in [6, 6.07) is 8.66. The van der Waals surface area contributed by atoms with Crippen molar-refractivity contribution in [2.75, 3.05) is 12.3 Å². The maximum absolute atomic E-state index is 11.9. The number of allylic oxidation sites excluding steroid dienone is 1. The summed E-state index contributed by atoms with van der Waals surface area (Å²) in [5.41, 5.74) is 6.27. The van der Waals surface area contributed by atoms with Crippen LogP contribution in [0.4, 0.5) is 0 Å². The number of hydrogen-bond acceptors (Lipinski definition) is 5. The molecule has 6 rings (SSSR count). The minimum absolute atomic E-state index is 0.0782. The van der Waals surface area contributed by atoms with E-state index in [1.165, 1.54) is 55.8 Å². The molecule has 0 N–H and O–H groups in total. The van der Waals surface area contributed by atoms with E-state index in [1.54, 1.807) is 18.1 Å². The number of benzene rings is 1. The highest BCUT2D eigenvalue weighted by atomic mass is 31.1. The van der Waals surface area contributed by atoms with E-state index in [0.717, 1.165) is 33.5 Å². The number of rotatable bonds is 6. The van der Waals surface area contributed by atoms with Crippen molar-refractivity contribution in [3.05, 3.63) is 46.5 Å². The quantitative estimate of drug-likeness (QED) is 0.0733. The molecule has 5 aliphatic rings. The van der Waals surface area contributed by atoms with Gasteiger partial charge in [0.25, 0.3) is 0 Å². The van der Waals surface area contributed by atoms with Crippen LogP contribution in [0.25, 0.3) is 0 Å². The Hall–Kier alpha value is -2.00. The van der Waals surface area contributed by atoms with Crippen molar-refractivity contribution in [2.45, 2.75) is 154 Å². The van der Waals surface area contributed by atoms with Crippen molar-refractivity contribution >= 4 is 27.2 Å². The largest absolute Gasteiger partial charge is 0.474 e. The Morgan fingerprint density at radius 2 is 1.53 bits per heavy atom. The van der Waals surface area contributed by atoms with Gasteiger partial charge in [-0.2, -0.15) is 5.10 Å². The molecule has 4 fully saturated rings. The number of nitrogens with zero attached hydrogens (tertiary/aromatic N) is 2. The second kappa shape index (κ2) is 18.9. The maximum Gasteiger partial charge on any atom is 0.302 e. The molecule has 10 atom stereocenters. The van der Waals surface area contributed by atoms with Crippen molar-refractivity contribution < 1.29 is 14.3 Å². The van der Waals surface area contributed by atoms with Crippen LogP contribution in [0.3, 0.4) is 0 Å².